The van der Waals surface area contributed by atoms with Crippen LogP contribution < -0.4 is 0 Å². The minimum Gasteiger partial charge on any atom is -0.385 e. The molecule has 4 rings (SSSR count). The van der Waals surface area contributed by atoms with E-state index < -0.39 is 0 Å². The van der Waals surface area contributed by atoms with Crippen LogP contribution in [0.3, 0.4) is 0 Å². The number of H-pyrrole nitrogens is 1. The summed E-state index contributed by atoms with van der Waals surface area (Å²) in [6.07, 6.45) is 3.95. The first-order valence-corrected chi connectivity index (χ1v) is 8.19. The van der Waals surface area contributed by atoms with Crippen LogP contribution in [0.15, 0.2) is 30.5 Å². The Morgan fingerprint density at radius 2 is 2.30 bits per heavy atom. The highest BCUT2D eigenvalue weighted by Gasteiger charge is 2.51. The predicted octanol–water partition coefficient (Wildman–Crippen LogP) is 2.44. The van der Waals surface area contributed by atoms with E-state index in [1.54, 1.807) is 7.11 Å². The number of ether oxygens (including phenoxy) is 2. The summed E-state index contributed by atoms with van der Waals surface area (Å²) >= 11 is 0. The lowest BCUT2D eigenvalue weighted by molar-refractivity contribution is -0.0950. The van der Waals surface area contributed by atoms with Crippen LogP contribution >= 0.6 is 0 Å². The Labute approximate surface area is 135 Å². The molecule has 3 heterocycles. The zero-order valence-corrected chi connectivity index (χ0v) is 13.4. The first kappa shape index (κ1) is 14.7. The molecule has 1 unspecified atom stereocenters. The van der Waals surface area contributed by atoms with Crippen molar-refractivity contribution in [1.29, 1.82) is 0 Å². The van der Waals surface area contributed by atoms with Gasteiger partial charge in [-0.3, -0.25) is 4.79 Å². The maximum atomic E-state index is 12.8. The number of carbonyl (C=O) groups is 1. The normalized spacial score (nSPS) is 22.7. The van der Waals surface area contributed by atoms with Crippen molar-refractivity contribution in [2.45, 2.75) is 18.4 Å². The third kappa shape index (κ3) is 2.54. The number of amides is 1. The van der Waals surface area contributed by atoms with E-state index in [1.165, 1.54) is 0 Å². The van der Waals surface area contributed by atoms with E-state index in [-0.39, 0.29) is 11.5 Å². The second-order valence-corrected chi connectivity index (χ2v) is 6.75. The first-order valence-electron chi connectivity index (χ1n) is 8.19. The molecule has 1 N–H and O–H groups in total. The van der Waals surface area contributed by atoms with Crippen molar-refractivity contribution < 1.29 is 14.3 Å². The molecule has 122 valence electrons. The number of benzene rings is 1. The van der Waals surface area contributed by atoms with Crippen molar-refractivity contribution in [2.24, 2.45) is 5.92 Å². The second-order valence-electron chi connectivity index (χ2n) is 6.75. The summed E-state index contributed by atoms with van der Waals surface area (Å²) in [5.74, 6) is 0.657. The molecular formula is C18H22N2O3. The molecule has 0 bridgehead atoms. The van der Waals surface area contributed by atoms with Crippen molar-refractivity contribution in [3.63, 3.8) is 0 Å². The van der Waals surface area contributed by atoms with Gasteiger partial charge in [0.1, 0.15) is 5.60 Å². The molecule has 1 amide bonds. The van der Waals surface area contributed by atoms with E-state index in [9.17, 15) is 4.79 Å². The number of nitrogens with one attached hydrogen (secondary N) is 1. The number of aromatic nitrogens is 1. The fourth-order valence-electron chi connectivity index (χ4n) is 3.86. The van der Waals surface area contributed by atoms with Gasteiger partial charge >= 0.3 is 0 Å². The van der Waals surface area contributed by atoms with Crippen LogP contribution in [0.5, 0.6) is 0 Å². The minimum absolute atomic E-state index is 0.102. The Balaban J connectivity index is 1.42. The Bertz CT molecular complexity index is 718. The summed E-state index contributed by atoms with van der Waals surface area (Å²) in [4.78, 5) is 17.8. The Kier molecular flexibility index (Phi) is 3.62. The van der Waals surface area contributed by atoms with Gasteiger partial charge in [0, 0.05) is 36.4 Å². The molecule has 1 spiro atoms. The lowest BCUT2D eigenvalue weighted by Crippen LogP contribution is -2.63. The number of carbonyl (C=O) groups excluding carboxylic acids is 1. The van der Waals surface area contributed by atoms with Crippen LogP contribution in [0.2, 0.25) is 0 Å². The predicted molar refractivity (Wildman–Crippen MR) is 87.5 cm³/mol. The third-order valence-corrected chi connectivity index (χ3v) is 5.09. The molecular weight excluding hydrogens is 292 g/mol. The molecule has 1 aromatic heterocycles. The number of fused-ring (bicyclic) bond motifs is 1. The summed E-state index contributed by atoms with van der Waals surface area (Å²) in [5.41, 5.74) is 1.66. The monoisotopic (exact) mass is 314 g/mol. The molecule has 0 radical (unpaired) electrons. The average molecular weight is 314 g/mol. The maximum absolute atomic E-state index is 12.8. The Morgan fingerprint density at radius 3 is 3.13 bits per heavy atom. The van der Waals surface area contributed by atoms with Crippen LogP contribution in [-0.4, -0.2) is 54.8 Å². The lowest BCUT2D eigenvalue weighted by Gasteiger charge is -2.47. The summed E-state index contributed by atoms with van der Waals surface area (Å²) in [5, 5.41) is 0.990. The van der Waals surface area contributed by atoms with E-state index >= 15 is 0 Å². The number of rotatable bonds is 4. The molecule has 1 aromatic carbocycles. The van der Waals surface area contributed by atoms with E-state index in [4.69, 9.17) is 9.47 Å². The fraction of sp³-hybridized carbons (Fsp3) is 0.500. The summed E-state index contributed by atoms with van der Waals surface area (Å²) in [6, 6.07) is 7.78. The van der Waals surface area contributed by atoms with Gasteiger partial charge in [0.2, 0.25) is 0 Å². The molecule has 2 fully saturated rings. The summed E-state index contributed by atoms with van der Waals surface area (Å²) in [7, 11) is 1.73. The third-order valence-electron chi connectivity index (χ3n) is 5.09. The van der Waals surface area contributed by atoms with Gasteiger partial charge in [-0.2, -0.15) is 0 Å². The topological polar surface area (TPSA) is 54.6 Å². The van der Waals surface area contributed by atoms with E-state index in [1.807, 2.05) is 35.4 Å². The molecule has 2 aliphatic heterocycles. The lowest BCUT2D eigenvalue weighted by atomic mass is 9.85. The SMILES string of the molecule is COCCC1COC2(C1)CN(C(=O)c1cccc3[nH]ccc13)C2. The molecule has 5 nitrogen and oxygen atoms in total. The van der Waals surface area contributed by atoms with E-state index in [0.29, 0.717) is 19.0 Å². The van der Waals surface area contributed by atoms with Gasteiger partial charge in [-0.15, -0.1) is 0 Å². The van der Waals surface area contributed by atoms with Crippen LogP contribution in [0.25, 0.3) is 10.9 Å². The molecule has 2 saturated heterocycles. The molecule has 5 heteroatoms. The Hall–Kier alpha value is -1.85. The molecule has 2 aliphatic rings. The van der Waals surface area contributed by atoms with Crippen molar-refractivity contribution in [3.8, 4) is 0 Å². The minimum atomic E-state index is -0.111. The van der Waals surface area contributed by atoms with E-state index in [0.717, 1.165) is 42.5 Å². The largest absolute Gasteiger partial charge is 0.385 e. The average Bonchev–Trinajstić information content (AvgIpc) is 3.17. The highest BCUT2D eigenvalue weighted by molar-refractivity contribution is 6.06. The quantitative estimate of drug-likeness (QED) is 0.943. The molecule has 0 aliphatic carbocycles. The highest BCUT2D eigenvalue weighted by Crippen LogP contribution is 2.39. The zero-order valence-electron chi connectivity index (χ0n) is 13.4. The molecule has 2 aromatic rings. The van der Waals surface area contributed by atoms with Crippen LogP contribution in [-0.2, 0) is 9.47 Å². The molecule has 0 saturated carbocycles. The summed E-state index contributed by atoms with van der Waals surface area (Å²) < 4.78 is 11.2. The fourth-order valence-corrected chi connectivity index (χ4v) is 3.86. The number of likely N-dealkylation sites (tertiary alicyclic amines) is 1. The van der Waals surface area contributed by atoms with Crippen molar-refractivity contribution in [1.82, 2.24) is 9.88 Å². The van der Waals surface area contributed by atoms with Gasteiger partial charge in [-0.05, 0) is 37.0 Å². The number of aromatic amines is 1. The van der Waals surface area contributed by atoms with Gasteiger partial charge in [-0.1, -0.05) is 6.07 Å². The zero-order chi connectivity index (χ0) is 15.9. The maximum Gasteiger partial charge on any atom is 0.254 e. The van der Waals surface area contributed by atoms with Crippen LogP contribution in [0.4, 0.5) is 0 Å². The van der Waals surface area contributed by atoms with E-state index in [2.05, 4.69) is 4.98 Å². The van der Waals surface area contributed by atoms with Gasteiger partial charge in [0.25, 0.3) is 5.91 Å². The second kappa shape index (κ2) is 5.65. The standard InChI is InChI=1S/C18H22N2O3/c1-22-8-6-13-9-18(23-10-13)11-20(12-18)17(21)15-3-2-4-16-14(15)5-7-19-16/h2-5,7,13,19H,6,8-12H2,1H3. The summed E-state index contributed by atoms with van der Waals surface area (Å²) in [6.45, 7) is 2.98. The highest BCUT2D eigenvalue weighted by atomic mass is 16.5. The van der Waals surface area contributed by atoms with Gasteiger partial charge in [0.05, 0.1) is 19.7 Å². The number of methoxy groups -OCH3 is 1. The van der Waals surface area contributed by atoms with Crippen molar-refractivity contribution in [2.75, 3.05) is 33.4 Å². The first-order chi connectivity index (χ1) is 11.2. The van der Waals surface area contributed by atoms with Gasteiger partial charge in [0.15, 0.2) is 0 Å². The molecule has 1 atom stereocenters. The number of hydrogen-bond donors (Lipinski definition) is 1. The number of hydrogen-bond acceptors (Lipinski definition) is 3. The van der Waals surface area contributed by atoms with Crippen molar-refractivity contribution in [3.05, 3.63) is 36.0 Å². The smallest absolute Gasteiger partial charge is 0.254 e. The van der Waals surface area contributed by atoms with Crippen LogP contribution in [0.1, 0.15) is 23.2 Å². The van der Waals surface area contributed by atoms with Crippen LogP contribution in [0, 0.1) is 5.92 Å². The van der Waals surface area contributed by atoms with Gasteiger partial charge < -0.3 is 19.4 Å². The van der Waals surface area contributed by atoms with Gasteiger partial charge in [-0.25, -0.2) is 0 Å². The molecule has 23 heavy (non-hydrogen) atoms. The van der Waals surface area contributed by atoms with Crippen molar-refractivity contribution >= 4 is 16.8 Å². The Morgan fingerprint density at radius 1 is 1.43 bits per heavy atom. The number of nitrogens with zero attached hydrogens (tertiary/aromatic N) is 1.